The zero-order chi connectivity index (χ0) is 18.1. The maximum Gasteiger partial charge on any atom is 0.230 e. The molecule has 6 nitrogen and oxygen atoms in total. The summed E-state index contributed by atoms with van der Waals surface area (Å²) in [6.07, 6.45) is 4.50. The number of furan rings is 1. The van der Waals surface area contributed by atoms with Crippen LogP contribution in [0.3, 0.4) is 0 Å². The summed E-state index contributed by atoms with van der Waals surface area (Å²) in [5, 5.41) is 0.714. The lowest BCUT2D eigenvalue weighted by molar-refractivity contribution is 0.398. The first-order chi connectivity index (χ1) is 12.7. The van der Waals surface area contributed by atoms with Gasteiger partial charge in [-0.05, 0) is 31.2 Å². The molecular weight excluding hydrogens is 337 g/mol. The van der Waals surface area contributed by atoms with Crippen LogP contribution in [0.1, 0.15) is 5.69 Å². The lowest BCUT2D eigenvalue weighted by Crippen LogP contribution is -1.98. The minimum absolute atomic E-state index is 0.315. The Morgan fingerprint density at radius 3 is 2.73 bits per heavy atom. The van der Waals surface area contributed by atoms with Gasteiger partial charge in [0.1, 0.15) is 23.5 Å². The monoisotopic (exact) mass is 351 g/mol. The summed E-state index contributed by atoms with van der Waals surface area (Å²) in [5.41, 5.74) is 2.11. The maximum atomic E-state index is 14.8. The Labute approximate surface area is 148 Å². The Kier molecular flexibility index (Phi) is 3.96. The van der Waals surface area contributed by atoms with E-state index in [0.29, 0.717) is 45.3 Å². The molecule has 0 saturated carbocycles. The quantitative estimate of drug-likeness (QED) is 0.538. The van der Waals surface area contributed by atoms with Crippen LogP contribution in [0.5, 0.6) is 17.5 Å². The molecule has 0 radical (unpaired) electrons. The SMILES string of the molecule is COc1ncnc(C)c1-c1ccc(Oc2nccc3occc23)cc1F. The van der Waals surface area contributed by atoms with Crippen LogP contribution in [0.2, 0.25) is 0 Å². The van der Waals surface area contributed by atoms with E-state index >= 15 is 0 Å². The Hall–Kier alpha value is -3.48. The molecule has 0 unspecified atom stereocenters. The van der Waals surface area contributed by atoms with Gasteiger partial charge in [0, 0.05) is 17.8 Å². The van der Waals surface area contributed by atoms with E-state index in [1.54, 1.807) is 43.6 Å². The van der Waals surface area contributed by atoms with Gasteiger partial charge < -0.3 is 13.9 Å². The van der Waals surface area contributed by atoms with E-state index in [2.05, 4.69) is 15.0 Å². The van der Waals surface area contributed by atoms with Gasteiger partial charge in [0.2, 0.25) is 11.8 Å². The normalized spacial score (nSPS) is 10.9. The molecule has 0 atom stereocenters. The minimum atomic E-state index is -0.474. The number of aryl methyl sites for hydroxylation is 1. The molecule has 0 aliphatic heterocycles. The maximum absolute atomic E-state index is 14.8. The van der Waals surface area contributed by atoms with E-state index in [1.807, 2.05) is 0 Å². The van der Waals surface area contributed by atoms with Crippen molar-refractivity contribution in [1.29, 1.82) is 0 Å². The Morgan fingerprint density at radius 2 is 1.92 bits per heavy atom. The predicted molar refractivity (Wildman–Crippen MR) is 92.8 cm³/mol. The summed E-state index contributed by atoms with van der Waals surface area (Å²) in [6.45, 7) is 1.77. The van der Waals surface area contributed by atoms with Crippen molar-refractivity contribution in [1.82, 2.24) is 15.0 Å². The van der Waals surface area contributed by atoms with Gasteiger partial charge in [-0.25, -0.2) is 19.3 Å². The molecule has 4 rings (SSSR count). The summed E-state index contributed by atoms with van der Waals surface area (Å²) in [7, 11) is 1.48. The Morgan fingerprint density at radius 1 is 1.04 bits per heavy atom. The van der Waals surface area contributed by atoms with Crippen LogP contribution < -0.4 is 9.47 Å². The highest BCUT2D eigenvalue weighted by Crippen LogP contribution is 2.35. The van der Waals surface area contributed by atoms with E-state index in [-0.39, 0.29) is 0 Å². The van der Waals surface area contributed by atoms with Gasteiger partial charge in [0.05, 0.1) is 30.0 Å². The first-order valence-electron chi connectivity index (χ1n) is 7.83. The largest absolute Gasteiger partial charge is 0.480 e. The first kappa shape index (κ1) is 16.0. The van der Waals surface area contributed by atoms with Gasteiger partial charge in [-0.1, -0.05) is 0 Å². The van der Waals surface area contributed by atoms with E-state index < -0.39 is 5.82 Å². The number of hydrogen-bond acceptors (Lipinski definition) is 6. The van der Waals surface area contributed by atoms with Crippen molar-refractivity contribution in [2.45, 2.75) is 6.92 Å². The third-order valence-electron chi connectivity index (χ3n) is 3.96. The van der Waals surface area contributed by atoms with Crippen molar-refractivity contribution in [3.8, 4) is 28.6 Å². The fraction of sp³-hybridized carbons (Fsp3) is 0.105. The number of halogens is 1. The molecule has 0 N–H and O–H groups in total. The predicted octanol–water partition coefficient (Wildman–Crippen LogP) is 4.53. The third kappa shape index (κ3) is 2.73. The zero-order valence-electron chi connectivity index (χ0n) is 14.1. The van der Waals surface area contributed by atoms with Crippen molar-refractivity contribution in [2.75, 3.05) is 7.11 Å². The van der Waals surface area contributed by atoms with Crippen LogP contribution in [-0.4, -0.2) is 22.1 Å². The number of hydrogen-bond donors (Lipinski definition) is 0. The van der Waals surface area contributed by atoms with E-state index in [0.717, 1.165) is 0 Å². The number of methoxy groups -OCH3 is 1. The summed E-state index contributed by atoms with van der Waals surface area (Å²) in [6, 6.07) is 8.04. The molecule has 0 bridgehead atoms. The van der Waals surface area contributed by atoms with Crippen molar-refractivity contribution in [3.05, 3.63) is 60.6 Å². The van der Waals surface area contributed by atoms with Crippen molar-refractivity contribution >= 4 is 11.0 Å². The number of fused-ring (bicyclic) bond motifs is 1. The van der Waals surface area contributed by atoms with Gasteiger partial charge in [0.25, 0.3) is 0 Å². The lowest BCUT2D eigenvalue weighted by Gasteiger charge is -2.12. The molecule has 0 spiro atoms. The molecule has 0 fully saturated rings. The molecule has 1 aromatic carbocycles. The van der Waals surface area contributed by atoms with Crippen LogP contribution in [0, 0.1) is 12.7 Å². The number of nitrogens with zero attached hydrogens (tertiary/aromatic N) is 3. The molecule has 0 aliphatic carbocycles. The van der Waals surface area contributed by atoms with Crippen molar-refractivity contribution in [3.63, 3.8) is 0 Å². The average molecular weight is 351 g/mol. The number of ether oxygens (including phenoxy) is 2. The van der Waals surface area contributed by atoms with Crippen molar-refractivity contribution in [2.24, 2.45) is 0 Å². The Bertz CT molecular complexity index is 1090. The second-order valence-electron chi connectivity index (χ2n) is 5.54. The number of benzene rings is 1. The standard InChI is InChI=1S/C19H14FN3O3/c1-11-17(19(24-2)23-10-22-11)13-4-3-12(9-15(13)20)26-18-14-6-8-25-16(14)5-7-21-18/h3-10H,1-2H3. The van der Waals surface area contributed by atoms with Gasteiger partial charge in [0.15, 0.2) is 0 Å². The van der Waals surface area contributed by atoms with Crippen LogP contribution in [-0.2, 0) is 0 Å². The molecule has 26 heavy (non-hydrogen) atoms. The molecule has 3 heterocycles. The molecular formula is C19H14FN3O3. The van der Waals surface area contributed by atoms with Gasteiger partial charge in [-0.3, -0.25) is 0 Å². The summed E-state index contributed by atoms with van der Waals surface area (Å²) < 4.78 is 31.0. The number of rotatable bonds is 4. The minimum Gasteiger partial charge on any atom is -0.480 e. The van der Waals surface area contributed by atoms with Crippen molar-refractivity contribution < 1.29 is 18.3 Å². The van der Waals surface area contributed by atoms with Gasteiger partial charge in [-0.2, -0.15) is 0 Å². The topological polar surface area (TPSA) is 70.3 Å². The lowest BCUT2D eigenvalue weighted by atomic mass is 10.0. The van der Waals surface area contributed by atoms with E-state index in [9.17, 15) is 4.39 Å². The molecule has 0 saturated heterocycles. The number of aromatic nitrogens is 3. The second kappa shape index (κ2) is 6.44. The molecule has 3 aromatic heterocycles. The summed E-state index contributed by atoms with van der Waals surface area (Å²) in [4.78, 5) is 12.3. The zero-order valence-corrected chi connectivity index (χ0v) is 14.1. The second-order valence-corrected chi connectivity index (χ2v) is 5.54. The third-order valence-corrected chi connectivity index (χ3v) is 3.96. The molecule has 0 amide bonds. The highest BCUT2D eigenvalue weighted by Gasteiger charge is 2.17. The first-order valence-corrected chi connectivity index (χ1v) is 7.83. The average Bonchev–Trinajstić information content (AvgIpc) is 3.12. The smallest absolute Gasteiger partial charge is 0.230 e. The summed E-state index contributed by atoms with van der Waals surface area (Å²) >= 11 is 0. The van der Waals surface area contributed by atoms with Gasteiger partial charge in [-0.15, -0.1) is 0 Å². The fourth-order valence-corrected chi connectivity index (χ4v) is 2.74. The summed E-state index contributed by atoms with van der Waals surface area (Å²) in [5.74, 6) is 0.508. The molecule has 0 aliphatic rings. The molecule has 130 valence electrons. The van der Waals surface area contributed by atoms with Gasteiger partial charge >= 0.3 is 0 Å². The highest BCUT2D eigenvalue weighted by atomic mass is 19.1. The number of pyridine rings is 1. The highest BCUT2D eigenvalue weighted by molar-refractivity contribution is 5.82. The molecule has 7 heteroatoms. The van der Waals surface area contributed by atoms with E-state index in [4.69, 9.17) is 13.9 Å². The van der Waals surface area contributed by atoms with Crippen LogP contribution >= 0.6 is 0 Å². The van der Waals surface area contributed by atoms with Crippen LogP contribution in [0.25, 0.3) is 22.1 Å². The van der Waals surface area contributed by atoms with Crippen LogP contribution in [0.4, 0.5) is 4.39 Å². The van der Waals surface area contributed by atoms with E-state index in [1.165, 1.54) is 19.5 Å². The molecule has 4 aromatic rings. The Balaban J connectivity index is 1.72. The fourth-order valence-electron chi connectivity index (χ4n) is 2.74. The van der Waals surface area contributed by atoms with Crippen LogP contribution in [0.15, 0.2) is 53.5 Å².